The molecular weight excluding hydrogens is 218 g/mol. The Bertz CT molecular complexity index is 206. The predicted octanol–water partition coefficient (Wildman–Crippen LogP) is 2.04. The first-order valence-electron chi connectivity index (χ1n) is 3.35. The predicted molar refractivity (Wildman–Crippen MR) is 33.0 cm³/mol. The van der Waals surface area contributed by atoms with E-state index in [1.807, 2.05) is 0 Å². The molecule has 8 heteroatoms. The van der Waals surface area contributed by atoms with Crippen molar-refractivity contribution < 1.29 is 36.2 Å². The Balaban J connectivity index is 4.40. The minimum Gasteiger partial charge on any atom is -0.479 e. The lowest BCUT2D eigenvalue weighted by Gasteiger charge is -2.19. The number of hydrogen-bond donors (Lipinski definition) is 1. The van der Waals surface area contributed by atoms with E-state index in [-0.39, 0.29) is 0 Å². The molecule has 0 heterocycles. The fourth-order valence-electron chi connectivity index (χ4n) is 0.633. The Morgan fingerprint density at radius 1 is 1.21 bits per heavy atom. The Hall–Kier alpha value is -0.950. The largest absolute Gasteiger partial charge is 0.479 e. The number of carbonyl (C=O) groups is 1. The smallest absolute Gasteiger partial charge is 0.344 e. The van der Waals surface area contributed by atoms with Gasteiger partial charge in [0.05, 0.1) is 6.42 Å². The van der Waals surface area contributed by atoms with Crippen LogP contribution in [-0.4, -0.2) is 35.8 Å². The average molecular weight is 224 g/mol. The van der Waals surface area contributed by atoms with Crippen LogP contribution in [0.1, 0.15) is 6.42 Å². The highest BCUT2D eigenvalue weighted by Gasteiger charge is 2.48. The first kappa shape index (κ1) is 13.0. The van der Waals surface area contributed by atoms with E-state index < -0.39 is 37.1 Å². The standard InChI is InChI=1S/C6H6F6O2/c7-2(4(9)10)1-6(11,12)3(8)5(13)14/h2-4H,1H2,(H,13,14). The molecule has 0 aromatic heterocycles. The van der Waals surface area contributed by atoms with Gasteiger partial charge in [0.15, 0.2) is 6.17 Å². The lowest BCUT2D eigenvalue weighted by Crippen LogP contribution is -2.39. The zero-order valence-electron chi connectivity index (χ0n) is 6.56. The zero-order chi connectivity index (χ0) is 11.5. The van der Waals surface area contributed by atoms with Crippen LogP contribution in [0.5, 0.6) is 0 Å². The van der Waals surface area contributed by atoms with Gasteiger partial charge in [0.1, 0.15) is 0 Å². The maximum atomic E-state index is 12.3. The maximum absolute atomic E-state index is 12.3. The quantitative estimate of drug-likeness (QED) is 0.725. The molecule has 0 saturated heterocycles. The van der Waals surface area contributed by atoms with Crippen molar-refractivity contribution in [2.45, 2.75) is 31.1 Å². The number of aliphatic carboxylic acids is 1. The van der Waals surface area contributed by atoms with Gasteiger partial charge < -0.3 is 5.11 Å². The molecule has 0 aliphatic heterocycles. The molecule has 0 rings (SSSR count). The molecular formula is C6H6F6O2. The summed E-state index contributed by atoms with van der Waals surface area (Å²) < 4.78 is 71.8. The second-order valence-electron chi connectivity index (χ2n) is 2.52. The Morgan fingerprint density at radius 3 is 1.93 bits per heavy atom. The molecule has 0 fully saturated rings. The van der Waals surface area contributed by atoms with Crippen molar-refractivity contribution in [2.24, 2.45) is 0 Å². The van der Waals surface area contributed by atoms with Crippen LogP contribution in [0, 0.1) is 0 Å². The van der Waals surface area contributed by atoms with Crippen molar-refractivity contribution in [3.05, 3.63) is 0 Å². The van der Waals surface area contributed by atoms with Crippen LogP contribution in [0.3, 0.4) is 0 Å². The molecule has 0 spiro atoms. The van der Waals surface area contributed by atoms with Crippen molar-refractivity contribution in [1.82, 2.24) is 0 Å². The van der Waals surface area contributed by atoms with E-state index in [0.29, 0.717) is 0 Å². The molecule has 0 aliphatic carbocycles. The van der Waals surface area contributed by atoms with E-state index in [9.17, 15) is 31.1 Å². The summed E-state index contributed by atoms with van der Waals surface area (Å²) >= 11 is 0. The summed E-state index contributed by atoms with van der Waals surface area (Å²) in [5.74, 6) is -7.15. The van der Waals surface area contributed by atoms with E-state index >= 15 is 0 Å². The zero-order valence-corrected chi connectivity index (χ0v) is 6.56. The van der Waals surface area contributed by atoms with Gasteiger partial charge in [0.25, 0.3) is 18.5 Å². The van der Waals surface area contributed by atoms with Gasteiger partial charge in [0, 0.05) is 0 Å². The molecule has 2 unspecified atom stereocenters. The molecule has 2 nitrogen and oxygen atoms in total. The fourth-order valence-corrected chi connectivity index (χ4v) is 0.633. The second-order valence-corrected chi connectivity index (χ2v) is 2.52. The lowest BCUT2D eigenvalue weighted by atomic mass is 10.1. The summed E-state index contributed by atoms with van der Waals surface area (Å²) in [7, 11) is 0. The molecule has 84 valence electrons. The molecule has 0 saturated carbocycles. The van der Waals surface area contributed by atoms with Gasteiger partial charge in [-0.1, -0.05) is 0 Å². The summed E-state index contributed by atoms with van der Waals surface area (Å²) in [4.78, 5) is 9.73. The number of carboxylic acid groups (broad SMARTS) is 1. The van der Waals surface area contributed by atoms with Crippen molar-refractivity contribution in [2.75, 3.05) is 0 Å². The average Bonchev–Trinajstić information content (AvgIpc) is 2.01. The van der Waals surface area contributed by atoms with E-state index in [1.54, 1.807) is 0 Å². The van der Waals surface area contributed by atoms with E-state index in [1.165, 1.54) is 0 Å². The van der Waals surface area contributed by atoms with Gasteiger partial charge in [-0.05, 0) is 0 Å². The van der Waals surface area contributed by atoms with Gasteiger partial charge in [-0.2, -0.15) is 0 Å². The minimum atomic E-state index is -4.64. The Kier molecular flexibility index (Phi) is 4.21. The van der Waals surface area contributed by atoms with Crippen molar-refractivity contribution in [1.29, 1.82) is 0 Å². The number of alkyl halides is 6. The van der Waals surface area contributed by atoms with Gasteiger partial charge in [-0.25, -0.2) is 31.1 Å². The Morgan fingerprint density at radius 2 is 1.64 bits per heavy atom. The third-order valence-corrected chi connectivity index (χ3v) is 1.33. The van der Waals surface area contributed by atoms with Gasteiger partial charge in [-0.3, -0.25) is 0 Å². The molecule has 0 aromatic carbocycles. The highest BCUT2D eigenvalue weighted by atomic mass is 19.3. The van der Waals surface area contributed by atoms with Crippen LogP contribution in [0.25, 0.3) is 0 Å². The van der Waals surface area contributed by atoms with Crippen molar-refractivity contribution in [3.63, 3.8) is 0 Å². The summed E-state index contributed by atoms with van der Waals surface area (Å²) in [5.41, 5.74) is 0. The molecule has 0 amide bonds. The first-order valence-corrected chi connectivity index (χ1v) is 3.35. The van der Waals surface area contributed by atoms with Crippen LogP contribution in [-0.2, 0) is 4.79 Å². The molecule has 0 aliphatic rings. The van der Waals surface area contributed by atoms with E-state index in [4.69, 9.17) is 5.11 Å². The number of halogens is 6. The van der Waals surface area contributed by atoms with Crippen LogP contribution in [0.2, 0.25) is 0 Å². The molecule has 14 heavy (non-hydrogen) atoms. The van der Waals surface area contributed by atoms with Crippen LogP contribution in [0.15, 0.2) is 0 Å². The van der Waals surface area contributed by atoms with E-state index in [2.05, 4.69) is 0 Å². The third-order valence-electron chi connectivity index (χ3n) is 1.33. The molecule has 1 N–H and O–H groups in total. The van der Waals surface area contributed by atoms with Gasteiger partial charge in [0.2, 0.25) is 0 Å². The maximum Gasteiger partial charge on any atom is 0.344 e. The highest BCUT2D eigenvalue weighted by Crippen LogP contribution is 2.30. The van der Waals surface area contributed by atoms with Gasteiger partial charge in [-0.15, -0.1) is 0 Å². The summed E-state index contributed by atoms with van der Waals surface area (Å²) in [5, 5.41) is 7.80. The van der Waals surface area contributed by atoms with E-state index in [0.717, 1.165) is 0 Å². The highest BCUT2D eigenvalue weighted by molar-refractivity contribution is 5.73. The van der Waals surface area contributed by atoms with Crippen molar-refractivity contribution >= 4 is 5.97 Å². The molecule has 0 bridgehead atoms. The number of carboxylic acids is 1. The monoisotopic (exact) mass is 224 g/mol. The topological polar surface area (TPSA) is 37.3 Å². The minimum absolute atomic E-state index is 2.15. The molecule has 0 radical (unpaired) electrons. The Labute approximate surface area is 74.5 Å². The van der Waals surface area contributed by atoms with Crippen LogP contribution < -0.4 is 0 Å². The lowest BCUT2D eigenvalue weighted by molar-refractivity contribution is -0.164. The summed E-state index contributed by atoms with van der Waals surface area (Å²) in [6.07, 6.45) is -12.8. The summed E-state index contributed by atoms with van der Waals surface area (Å²) in [6.45, 7) is 0. The van der Waals surface area contributed by atoms with Crippen LogP contribution in [0.4, 0.5) is 26.3 Å². The fraction of sp³-hybridized carbons (Fsp3) is 0.833. The number of hydrogen-bond acceptors (Lipinski definition) is 1. The van der Waals surface area contributed by atoms with Crippen LogP contribution >= 0.6 is 0 Å². The third kappa shape index (κ3) is 3.43. The SMILES string of the molecule is O=C(O)C(F)C(F)(F)CC(F)C(F)F. The normalized spacial score (nSPS) is 16.8. The van der Waals surface area contributed by atoms with Gasteiger partial charge >= 0.3 is 5.97 Å². The second kappa shape index (κ2) is 4.52. The van der Waals surface area contributed by atoms with Crippen molar-refractivity contribution in [3.8, 4) is 0 Å². The molecule has 2 atom stereocenters. The summed E-state index contributed by atoms with van der Waals surface area (Å²) in [6, 6.07) is 0. The molecule has 0 aromatic rings. The first-order chi connectivity index (χ1) is 6.18. The number of rotatable bonds is 5.